The predicted octanol–water partition coefficient (Wildman–Crippen LogP) is 1.71. The van der Waals surface area contributed by atoms with Crippen LogP contribution < -0.4 is 0 Å². The second-order valence-electron chi connectivity index (χ2n) is 7.36. The lowest BCUT2D eigenvalue weighted by atomic mass is 9.71. The van der Waals surface area contributed by atoms with E-state index in [1.807, 2.05) is 19.1 Å². The first kappa shape index (κ1) is 17.9. The van der Waals surface area contributed by atoms with Crippen molar-refractivity contribution < 1.29 is 17.6 Å². The normalized spacial score (nSPS) is 25.5. The summed E-state index contributed by atoms with van der Waals surface area (Å²) in [6, 6.07) is 4.03. The van der Waals surface area contributed by atoms with Gasteiger partial charge in [0.1, 0.15) is 11.5 Å². The Labute approximate surface area is 144 Å². The van der Waals surface area contributed by atoms with Crippen LogP contribution in [0.3, 0.4) is 0 Å². The van der Waals surface area contributed by atoms with Gasteiger partial charge in [0, 0.05) is 26.1 Å². The van der Waals surface area contributed by atoms with E-state index in [1.165, 1.54) is 6.26 Å². The number of piperidine rings is 1. The number of hydrogen-bond acceptors (Lipinski definition) is 5. The van der Waals surface area contributed by atoms with E-state index < -0.39 is 10.0 Å². The molecule has 1 atom stereocenters. The van der Waals surface area contributed by atoms with Crippen molar-refractivity contribution in [3.63, 3.8) is 0 Å². The third-order valence-corrected chi connectivity index (χ3v) is 6.86. The molecule has 24 heavy (non-hydrogen) atoms. The highest BCUT2D eigenvalue weighted by Gasteiger charge is 2.50. The number of furan rings is 1. The number of hydrogen-bond donors (Lipinski definition) is 0. The average molecular weight is 356 g/mol. The van der Waals surface area contributed by atoms with Crippen LogP contribution in [-0.4, -0.2) is 63.8 Å². The molecular formula is C17H28N2O4S. The third-order valence-electron chi connectivity index (χ3n) is 5.65. The predicted molar refractivity (Wildman–Crippen MR) is 92.2 cm³/mol. The fraction of sp³-hybridized carbons (Fsp3) is 0.765. The van der Waals surface area contributed by atoms with Gasteiger partial charge in [-0.3, -0.25) is 4.90 Å². The zero-order valence-corrected chi connectivity index (χ0v) is 15.6. The topological polar surface area (TPSA) is 63.0 Å². The van der Waals surface area contributed by atoms with Gasteiger partial charge in [-0.25, -0.2) is 12.7 Å². The molecule has 7 heteroatoms. The molecule has 136 valence electrons. The Balaban J connectivity index is 1.65. The molecule has 1 aromatic rings. The maximum absolute atomic E-state index is 12.0. The standard InChI is InChI=1S/C17H28N2O4S/c1-14-4-5-16(23-14)11-18-8-6-17(7-9-18)13-19(24(3,20)21)10-15(17)12-22-2/h4-5,15H,6-13H2,1-3H3/t15-/m0/s1. The van der Waals surface area contributed by atoms with Gasteiger partial charge in [-0.2, -0.15) is 0 Å². The van der Waals surface area contributed by atoms with E-state index in [2.05, 4.69) is 4.90 Å². The molecule has 0 radical (unpaired) electrons. The number of nitrogens with zero attached hydrogens (tertiary/aromatic N) is 2. The molecule has 1 aromatic heterocycles. The van der Waals surface area contributed by atoms with Gasteiger partial charge in [0.05, 0.1) is 19.4 Å². The smallest absolute Gasteiger partial charge is 0.211 e. The molecule has 0 N–H and O–H groups in total. The number of rotatable bonds is 5. The van der Waals surface area contributed by atoms with Crippen LogP contribution in [0.25, 0.3) is 0 Å². The van der Waals surface area contributed by atoms with Gasteiger partial charge in [0.15, 0.2) is 0 Å². The van der Waals surface area contributed by atoms with Gasteiger partial charge in [0.25, 0.3) is 0 Å². The number of ether oxygens (including phenoxy) is 1. The van der Waals surface area contributed by atoms with Crippen molar-refractivity contribution in [3.05, 3.63) is 23.7 Å². The fourth-order valence-corrected chi connectivity index (χ4v) is 5.12. The lowest BCUT2D eigenvalue weighted by Gasteiger charge is -2.42. The summed E-state index contributed by atoms with van der Waals surface area (Å²) in [7, 11) is -1.44. The third kappa shape index (κ3) is 3.69. The van der Waals surface area contributed by atoms with Gasteiger partial charge in [-0.15, -0.1) is 0 Å². The van der Waals surface area contributed by atoms with E-state index >= 15 is 0 Å². The maximum atomic E-state index is 12.0. The molecule has 3 rings (SSSR count). The Bertz CT molecular complexity index is 662. The Morgan fingerprint density at radius 2 is 2.04 bits per heavy atom. The summed E-state index contributed by atoms with van der Waals surface area (Å²) in [5.41, 5.74) is 0.0503. The summed E-state index contributed by atoms with van der Waals surface area (Å²) in [5.74, 6) is 2.23. The number of likely N-dealkylation sites (tertiary alicyclic amines) is 1. The number of methoxy groups -OCH3 is 1. The Kier molecular flexibility index (Phi) is 5.06. The van der Waals surface area contributed by atoms with Crippen molar-refractivity contribution in [2.45, 2.75) is 26.3 Å². The quantitative estimate of drug-likeness (QED) is 0.804. The molecule has 0 saturated carbocycles. The first-order chi connectivity index (χ1) is 11.3. The SMILES string of the molecule is COC[C@@H]1CN(S(C)(=O)=O)CC12CCN(Cc1ccc(C)o1)CC2. The maximum Gasteiger partial charge on any atom is 0.211 e. The molecule has 0 unspecified atom stereocenters. The van der Waals surface area contributed by atoms with Gasteiger partial charge in [0.2, 0.25) is 10.0 Å². The first-order valence-corrected chi connectivity index (χ1v) is 10.4. The largest absolute Gasteiger partial charge is 0.465 e. The van der Waals surface area contributed by atoms with E-state index in [0.29, 0.717) is 19.7 Å². The van der Waals surface area contributed by atoms with Crippen LogP contribution in [-0.2, 0) is 21.3 Å². The molecule has 2 aliphatic heterocycles. The zero-order valence-electron chi connectivity index (χ0n) is 14.8. The molecule has 0 aromatic carbocycles. The van der Waals surface area contributed by atoms with Crippen molar-refractivity contribution in [2.75, 3.05) is 46.2 Å². The van der Waals surface area contributed by atoms with Gasteiger partial charge >= 0.3 is 0 Å². The van der Waals surface area contributed by atoms with E-state index in [1.54, 1.807) is 11.4 Å². The fourth-order valence-electron chi connectivity index (χ4n) is 4.18. The molecule has 0 aliphatic carbocycles. The minimum Gasteiger partial charge on any atom is -0.465 e. The van der Waals surface area contributed by atoms with E-state index in [0.717, 1.165) is 44.0 Å². The molecule has 1 spiro atoms. The zero-order chi connectivity index (χ0) is 17.4. The van der Waals surface area contributed by atoms with Crippen LogP contribution in [0, 0.1) is 18.3 Å². The van der Waals surface area contributed by atoms with Gasteiger partial charge in [-0.1, -0.05) is 0 Å². The second-order valence-corrected chi connectivity index (χ2v) is 9.34. The highest BCUT2D eigenvalue weighted by Crippen LogP contribution is 2.45. The van der Waals surface area contributed by atoms with Crippen LogP contribution >= 0.6 is 0 Å². The van der Waals surface area contributed by atoms with Crippen molar-refractivity contribution in [1.82, 2.24) is 9.21 Å². The molecular weight excluding hydrogens is 328 g/mol. The molecule has 6 nitrogen and oxygen atoms in total. The van der Waals surface area contributed by atoms with E-state index in [4.69, 9.17) is 9.15 Å². The summed E-state index contributed by atoms with van der Waals surface area (Å²) in [6.07, 6.45) is 3.32. The number of aryl methyl sites for hydroxylation is 1. The Morgan fingerprint density at radius 3 is 2.58 bits per heavy atom. The Morgan fingerprint density at radius 1 is 1.33 bits per heavy atom. The molecule has 2 fully saturated rings. The van der Waals surface area contributed by atoms with Crippen molar-refractivity contribution in [1.29, 1.82) is 0 Å². The van der Waals surface area contributed by atoms with Crippen LogP contribution in [0.1, 0.15) is 24.4 Å². The first-order valence-electron chi connectivity index (χ1n) is 8.54. The monoisotopic (exact) mass is 356 g/mol. The van der Waals surface area contributed by atoms with Gasteiger partial charge < -0.3 is 9.15 Å². The van der Waals surface area contributed by atoms with Crippen LogP contribution in [0.4, 0.5) is 0 Å². The minimum atomic E-state index is -3.14. The van der Waals surface area contributed by atoms with Crippen molar-refractivity contribution >= 4 is 10.0 Å². The highest BCUT2D eigenvalue weighted by molar-refractivity contribution is 7.88. The minimum absolute atomic E-state index is 0.0503. The van der Waals surface area contributed by atoms with Crippen molar-refractivity contribution in [3.8, 4) is 0 Å². The molecule has 2 aliphatic rings. The second kappa shape index (κ2) is 6.78. The number of sulfonamides is 1. The summed E-state index contributed by atoms with van der Waals surface area (Å²) in [6.45, 7) is 6.58. The summed E-state index contributed by atoms with van der Waals surface area (Å²) in [5, 5.41) is 0. The van der Waals surface area contributed by atoms with E-state index in [-0.39, 0.29) is 11.3 Å². The summed E-state index contributed by atoms with van der Waals surface area (Å²) in [4.78, 5) is 2.40. The highest BCUT2D eigenvalue weighted by atomic mass is 32.2. The summed E-state index contributed by atoms with van der Waals surface area (Å²) >= 11 is 0. The lowest BCUT2D eigenvalue weighted by molar-refractivity contribution is 0.0338. The van der Waals surface area contributed by atoms with Crippen LogP contribution in [0.5, 0.6) is 0 Å². The van der Waals surface area contributed by atoms with Crippen LogP contribution in [0.15, 0.2) is 16.5 Å². The van der Waals surface area contributed by atoms with Gasteiger partial charge in [-0.05, 0) is 50.4 Å². The average Bonchev–Trinajstić information content (AvgIpc) is 3.07. The summed E-state index contributed by atoms with van der Waals surface area (Å²) < 4.78 is 36.7. The molecule has 0 bridgehead atoms. The van der Waals surface area contributed by atoms with E-state index in [9.17, 15) is 8.42 Å². The molecule has 3 heterocycles. The Hall–Kier alpha value is -0.890. The molecule has 0 amide bonds. The molecule has 2 saturated heterocycles. The van der Waals surface area contributed by atoms with Crippen molar-refractivity contribution in [2.24, 2.45) is 11.3 Å². The lowest BCUT2D eigenvalue weighted by Crippen LogP contribution is -2.45. The van der Waals surface area contributed by atoms with Crippen LogP contribution in [0.2, 0.25) is 0 Å².